The van der Waals surface area contributed by atoms with E-state index < -0.39 is 17.6 Å². The molecule has 1 aromatic carbocycles. The first-order valence-corrected chi connectivity index (χ1v) is 9.54. The molecule has 0 bridgehead atoms. The van der Waals surface area contributed by atoms with E-state index in [-0.39, 0.29) is 25.5 Å². The van der Waals surface area contributed by atoms with Crippen LogP contribution >= 0.6 is 15.9 Å². The monoisotopic (exact) mass is 419 g/mol. The van der Waals surface area contributed by atoms with E-state index in [2.05, 4.69) is 15.9 Å². The topological polar surface area (TPSA) is 61.8 Å². The SMILES string of the molecule is CCO/C([O-])=C(\Cc1ccccc1)N(CCCBr)C(=O)OC(C)(C)C.[Li+]. The molecule has 0 N–H and O–H groups in total. The minimum atomic E-state index is -0.643. The van der Waals surface area contributed by atoms with E-state index >= 15 is 0 Å². The van der Waals surface area contributed by atoms with Gasteiger partial charge in [0.05, 0.1) is 11.6 Å². The molecule has 0 fully saturated rings. The van der Waals surface area contributed by atoms with Gasteiger partial charge >= 0.3 is 25.0 Å². The molecule has 0 aliphatic rings. The van der Waals surface area contributed by atoms with Gasteiger partial charge in [0.15, 0.2) is 0 Å². The molecule has 0 radical (unpaired) electrons. The zero-order chi connectivity index (χ0) is 18.9. The number of carbonyl (C=O) groups excluding carboxylic acids is 1. The molecule has 0 aliphatic carbocycles. The first-order valence-electron chi connectivity index (χ1n) is 8.41. The molecule has 1 amide bonds. The van der Waals surface area contributed by atoms with E-state index in [1.807, 2.05) is 30.3 Å². The van der Waals surface area contributed by atoms with Gasteiger partial charge in [0, 0.05) is 18.3 Å². The van der Waals surface area contributed by atoms with Gasteiger partial charge in [-0.1, -0.05) is 53.2 Å². The molecule has 0 spiro atoms. The van der Waals surface area contributed by atoms with Gasteiger partial charge in [0.1, 0.15) is 5.60 Å². The number of hydrogen-bond acceptors (Lipinski definition) is 4. The zero-order valence-corrected chi connectivity index (χ0v) is 18.0. The van der Waals surface area contributed by atoms with E-state index in [4.69, 9.17) is 9.47 Å². The van der Waals surface area contributed by atoms with Crippen LogP contribution in [-0.2, 0) is 15.9 Å². The van der Waals surface area contributed by atoms with Crippen molar-refractivity contribution in [3.8, 4) is 0 Å². The molecule has 0 aliphatic heterocycles. The first kappa shape index (κ1) is 24.9. The van der Waals surface area contributed by atoms with Gasteiger partial charge in [-0.2, -0.15) is 0 Å². The number of benzene rings is 1. The minimum Gasteiger partial charge on any atom is -0.612 e. The van der Waals surface area contributed by atoms with Gasteiger partial charge < -0.3 is 14.6 Å². The number of amides is 1. The molecule has 0 aromatic heterocycles. The number of alkyl halides is 1. The largest absolute Gasteiger partial charge is 1.00 e. The van der Waals surface area contributed by atoms with Crippen molar-refractivity contribution >= 4 is 22.0 Å². The Morgan fingerprint density at radius 3 is 2.35 bits per heavy atom. The van der Waals surface area contributed by atoms with Crippen LogP contribution in [0, 0.1) is 0 Å². The third kappa shape index (κ3) is 9.02. The van der Waals surface area contributed by atoms with Gasteiger partial charge in [0.25, 0.3) is 0 Å². The van der Waals surface area contributed by atoms with Crippen molar-refractivity contribution in [2.24, 2.45) is 0 Å². The van der Waals surface area contributed by atoms with E-state index in [1.165, 1.54) is 4.90 Å². The Bertz CT molecular complexity index is 573. The normalized spacial score (nSPS) is 11.9. The zero-order valence-electron chi connectivity index (χ0n) is 16.4. The smallest absolute Gasteiger partial charge is 0.612 e. The van der Waals surface area contributed by atoms with Crippen LogP contribution < -0.4 is 24.0 Å². The van der Waals surface area contributed by atoms with Crippen molar-refractivity contribution in [1.82, 2.24) is 4.90 Å². The fraction of sp³-hybridized carbons (Fsp3) is 0.526. The first-order chi connectivity index (χ1) is 11.8. The predicted molar refractivity (Wildman–Crippen MR) is 100 cm³/mol. The number of halogens is 1. The van der Waals surface area contributed by atoms with Crippen LogP contribution in [0.5, 0.6) is 0 Å². The van der Waals surface area contributed by atoms with Crippen molar-refractivity contribution < 1.29 is 38.2 Å². The molecule has 5 nitrogen and oxygen atoms in total. The Labute approximate surface area is 177 Å². The molecule has 1 rings (SSSR count). The molecule has 26 heavy (non-hydrogen) atoms. The maximum Gasteiger partial charge on any atom is 1.00 e. The van der Waals surface area contributed by atoms with Crippen molar-refractivity contribution in [2.45, 2.75) is 46.1 Å². The van der Waals surface area contributed by atoms with Gasteiger partial charge in [-0.25, -0.2) is 4.79 Å². The quantitative estimate of drug-likeness (QED) is 0.355. The Morgan fingerprint density at radius 1 is 1.23 bits per heavy atom. The summed E-state index contributed by atoms with van der Waals surface area (Å²) in [6, 6.07) is 9.53. The average Bonchev–Trinajstić information content (AvgIpc) is 2.53. The Hall–Kier alpha value is -1.09. The third-order valence-electron chi connectivity index (χ3n) is 3.18. The van der Waals surface area contributed by atoms with E-state index in [0.29, 0.717) is 30.4 Å². The summed E-state index contributed by atoms with van der Waals surface area (Å²) in [6.07, 6.45) is 0.463. The molecule has 1 aromatic rings. The molecule has 0 atom stereocenters. The second kappa shape index (κ2) is 12.3. The van der Waals surface area contributed by atoms with E-state index in [9.17, 15) is 9.90 Å². The molecule has 0 heterocycles. The van der Waals surface area contributed by atoms with Crippen LogP contribution in [0.2, 0.25) is 0 Å². The Morgan fingerprint density at radius 2 is 1.85 bits per heavy atom. The van der Waals surface area contributed by atoms with Crippen molar-refractivity contribution in [3.05, 3.63) is 47.5 Å². The molecular formula is C19H27BrLiNO4. The summed E-state index contributed by atoms with van der Waals surface area (Å²) in [5.74, 6) is -0.494. The number of nitrogens with zero attached hydrogens (tertiary/aromatic N) is 1. The second-order valence-electron chi connectivity index (χ2n) is 6.50. The van der Waals surface area contributed by atoms with Crippen LogP contribution in [0.15, 0.2) is 42.0 Å². The summed E-state index contributed by atoms with van der Waals surface area (Å²) >= 11 is 3.37. The maximum atomic E-state index is 12.7. The molecule has 0 saturated carbocycles. The Kier molecular flexibility index (Phi) is 11.8. The second-order valence-corrected chi connectivity index (χ2v) is 7.30. The summed E-state index contributed by atoms with van der Waals surface area (Å²) in [6.45, 7) is 7.77. The van der Waals surface area contributed by atoms with Crippen molar-refractivity contribution in [3.63, 3.8) is 0 Å². The van der Waals surface area contributed by atoms with E-state index in [0.717, 1.165) is 5.56 Å². The standard InChI is InChI=1S/C19H28BrNO4.Li/c1-5-24-17(22)16(14-15-10-7-6-8-11-15)21(13-9-12-20)18(23)25-19(2,3)4;/h6-8,10-11,22H,5,9,12-14H2,1-4H3;/q;+1/p-1/b17-16+;. The fourth-order valence-electron chi connectivity index (χ4n) is 2.15. The summed E-state index contributed by atoms with van der Waals surface area (Å²) < 4.78 is 10.7. The molecule has 7 heteroatoms. The van der Waals surface area contributed by atoms with Crippen molar-refractivity contribution in [1.29, 1.82) is 0 Å². The maximum absolute atomic E-state index is 12.7. The van der Waals surface area contributed by atoms with Gasteiger partial charge in [0.2, 0.25) is 0 Å². The van der Waals surface area contributed by atoms with Crippen LogP contribution in [0.3, 0.4) is 0 Å². The number of allylic oxidation sites excluding steroid dienone is 1. The number of rotatable bonds is 8. The average molecular weight is 420 g/mol. The fourth-order valence-corrected chi connectivity index (χ4v) is 2.40. The van der Waals surface area contributed by atoms with E-state index in [1.54, 1.807) is 27.7 Å². The molecule has 0 saturated heterocycles. The molecule has 0 unspecified atom stereocenters. The van der Waals surface area contributed by atoms with Gasteiger partial charge in [-0.05, 0) is 39.4 Å². The molecule has 140 valence electrons. The van der Waals surface area contributed by atoms with Crippen LogP contribution in [0.1, 0.15) is 39.7 Å². The Balaban J connectivity index is 0.00000625. The number of ether oxygens (including phenoxy) is 2. The number of carbonyl (C=O) groups is 1. The molecular weight excluding hydrogens is 393 g/mol. The van der Waals surface area contributed by atoms with Gasteiger partial charge in [-0.15, -0.1) is 0 Å². The predicted octanol–water partition coefficient (Wildman–Crippen LogP) is 0.821. The van der Waals surface area contributed by atoms with Crippen LogP contribution in [-0.4, -0.2) is 35.1 Å². The van der Waals surface area contributed by atoms with Crippen LogP contribution in [0.4, 0.5) is 4.79 Å². The summed E-state index contributed by atoms with van der Waals surface area (Å²) in [5, 5.41) is 13.2. The number of hydrogen-bond donors (Lipinski definition) is 0. The van der Waals surface area contributed by atoms with Crippen LogP contribution in [0.25, 0.3) is 0 Å². The van der Waals surface area contributed by atoms with Gasteiger partial charge in [-0.3, -0.25) is 4.90 Å². The summed E-state index contributed by atoms with van der Waals surface area (Å²) in [5.41, 5.74) is 0.581. The summed E-state index contributed by atoms with van der Waals surface area (Å²) in [4.78, 5) is 14.1. The third-order valence-corrected chi connectivity index (χ3v) is 3.74. The summed E-state index contributed by atoms with van der Waals surface area (Å²) in [7, 11) is 0. The minimum absolute atomic E-state index is 0. The van der Waals surface area contributed by atoms with Crippen molar-refractivity contribution in [2.75, 3.05) is 18.5 Å².